The van der Waals surface area contributed by atoms with Gasteiger partial charge in [-0.3, -0.25) is 9.59 Å². The zero-order valence-electron chi connectivity index (χ0n) is 17.2. The number of carbonyl (C=O) groups is 2. The Labute approximate surface area is 181 Å². The predicted molar refractivity (Wildman–Crippen MR) is 118 cm³/mol. The molecule has 0 radical (unpaired) electrons. The minimum atomic E-state index is -0.684. The molecule has 3 aromatic rings. The van der Waals surface area contributed by atoms with E-state index >= 15 is 0 Å². The Kier molecular flexibility index (Phi) is 5.85. The number of nitrogens with zero attached hydrogens (tertiary/aromatic N) is 1. The summed E-state index contributed by atoms with van der Waals surface area (Å²) >= 11 is 0. The van der Waals surface area contributed by atoms with Gasteiger partial charge in [0.2, 0.25) is 0 Å². The van der Waals surface area contributed by atoms with Gasteiger partial charge in [-0.15, -0.1) is 0 Å². The average Bonchev–Trinajstić information content (AvgIpc) is 3.05. The van der Waals surface area contributed by atoms with E-state index in [4.69, 9.17) is 4.74 Å². The molecule has 1 heterocycles. The van der Waals surface area contributed by atoms with Crippen molar-refractivity contribution in [3.63, 3.8) is 0 Å². The maximum absolute atomic E-state index is 13.0. The van der Waals surface area contributed by atoms with Crippen molar-refractivity contribution in [2.24, 2.45) is 0 Å². The monoisotopic (exact) mass is 413 g/mol. The van der Waals surface area contributed by atoms with E-state index in [9.17, 15) is 14.7 Å². The number of benzene rings is 3. The third-order valence-corrected chi connectivity index (χ3v) is 5.29. The Balaban J connectivity index is 1.80. The topological polar surface area (TPSA) is 66.8 Å². The van der Waals surface area contributed by atoms with Gasteiger partial charge in [-0.25, -0.2) is 0 Å². The lowest BCUT2D eigenvalue weighted by atomic mass is 9.95. The normalized spacial score (nSPS) is 17.7. The van der Waals surface area contributed by atoms with Crippen LogP contribution in [0.1, 0.15) is 29.7 Å². The Hall–Kier alpha value is -3.86. The number of rotatable bonds is 6. The summed E-state index contributed by atoms with van der Waals surface area (Å²) in [7, 11) is 0. The summed E-state index contributed by atoms with van der Waals surface area (Å²) in [6.45, 7) is 2.69. The van der Waals surface area contributed by atoms with Crippen LogP contribution in [0.15, 0.2) is 90.5 Å². The lowest BCUT2D eigenvalue weighted by molar-refractivity contribution is -0.140. The second kappa shape index (κ2) is 8.88. The van der Waals surface area contributed by atoms with E-state index in [1.165, 1.54) is 4.90 Å². The van der Waals surface area contributed by atoms with Crippen molar-refractivity contribution in [3.8, 4) is 5.75 Å². The standard InChI is InChI=1S/C26H23NO4/c1-2-31-21-15-13-20(14-16-21)24(28)22-23(19-11-7-4-8-12-19)27(26(30)25(22)29)17-18-9-5-3-6-10-18/h3-16,23,28H,2,17H2,1H3/b24-22+. The average molecular weight is 413 g/mol. The lowest BCUT2D eigenvalue weighted by Crippen LogP contribution is -2.29. The van der Waals surface area contributed by atoms with Crippen LogP contribution in [0, 0.1) is 0 Å². The van der Waals surface area contributed by atoms with Gasteiger partial charge in [-0.2, -0.15) is 0 Å². The van der Waals surface area contributed by atoms with Gasteiger partial charge in [0.25, 0.3) is 11.7 Å². The van der Waals surface area contributed by atoms with Crippen LogP contribution in [0.3, 0.4) is 0 Å². The molecule has 3 aromatic carbocycles. The maximum atomic E-state index is 13.0. The SMILES string of the molecule is CCOc1ccc(/C(O)=C2\C(=O)C(=O)N(Cc3ccccc3)C2c2ccccc2)cc1. The molecular weight excluding hydrogens is 390 g/mol. The van der Waals surface area contributed by atoms with Crippen LogP contribution in [-0.2, 0) is 16.1 Å². The molecule has 0 aliphatic carbocycles. The Morgan fingerprint density at radius 1 is 0.903 bits per heavy atom. The Morgan fingerprint density at radius 3 is 2.13 bits per heavy atom. The minimum Gasteiger partial charge on any atom is -0.507 e. The first kappa shape index (κ1) is 20.4. The van der Waals surface area contributed by atoms with E-state index in [1.54, 1.807) is 24.3 Å². The molecule has 0 saturated carbocycles. The van der Waals surface area contributed by atoms with E-state index in [0.29, 0.717) is 17.9 Å². The van der Waals surface area contributed by atoms with E-state index in [0.717, 1.165) is 11.1 Å². The molecule has 1 aliphatic rings. The van der Waals surface area contributed by atoms with Crippen molar-refractivity contribution >= 4 is 17.4 Å². The van der Waals surface area contributed by atoms with Crippen molar-refractivity contribution in [3.05, 3.63) is 107 Å². The van der Waals surface area contributed by atoms with Crippen LogP contribution < -0.4 is 4.74 Å². The van der Waals surface area contributed by atoms with Gasteiger partial charge in [0, 0.05) is 12.1 Å². The van der Waals surface area contributed by atoms with Gasteiger partial charge in [0.1, 0.15) is 11.5 Å². The van der Waals surface area contributed by atoms with Crippen molar-refractivity contribution in [2.45, 2.75) is 19.5 Å². The number of amides is 1. The second-order valence-electron chi connectivity index (χ2n) is 7.28. The molecule has 5 heteroatoms. The summed E-state index contributed by atoms with van der Waals surface area (Å²) in [5.41, 5.74) is 2.23. The number of aliphatic hydroxyl groups excluding tert-OH is 1. The van der Waals surface area contributed by atoms with Crippen molar-refractivity contribution < 1.29 is 19.4 Å². The molecule has 156 valence electrons. The van der Waals surface area contributed by atoms with Crippen LogP contribution in [0.4, 0.5) is 0 Å². The fourth-order valence-electron chi connectivity index (χ4n) is 3.84. The largest absolute Gasteiger partial charge is 0.507 e. The molecule has 1 atom stereocenters. The molecule has 1 N–H and O–H groups in total. The maximum Gasteiger partial charge on any atom is 0.295 e. The van der Waals surface area contributed by atoms with E-state index in [1.807, 2.05) is 67.6 Å². The van der Waals surface area contributed by atoms with Gasteiger partial charge in [0.05, 0.1) is 18.2 Å². The van der Waals surface area contributed by atoms with Gasteiger partial charge in [0.15, 0.2) is 0 Å². The molecule has 0 spiro atoms. The summed E-state index contributed by atoms with van der Waals surface area (Å²) in [5.74, 6) is -0.824. The summed E-state index contributed by atoms with van der Waals surface area (Å²) < 4.78 is 5.45. The van der Waals surface area contributed by atoms with Crippen molar-refractivity contribution in [2.75, 3.05) is 6.61 Å². The molecule has 31 heavy (non-hydrogen) atoms. The molecule has 1 unspecified atom stereocenters. The van der Waals surface area contributed by atoms with Crippen LogP contribution in [0.25, 0.3) is 5.76 Å². The van der Waals surface area contributed by atoms with E-state index in [2.05, 4.69) is 0 Å². The number of likely N-dealkylation sites (tertiary alicyclic amines) is 1. The molecule has 5 nitrogen and oxygen atoms in total. The zero-order valence-corrected chi connectivity index (χ0v) is 17.2. The highest BCUT2D eigenvalue weighted by molar-refractivity contribution is 6.46. The van der Waals surface area contributed by atoms with Crippen molar-refractivity contribution in [1.82, 2.24) is 4.90 Å². The fourth-order valence-corrected chi connectivity index (χ4v) is 3.84. The number of Topliss-reactive ketones (excluding diaryl/α,β-unsaturated/α-hetero) is 1. The molecule has 1 aliphatic heterocycles. The number of carbonyl (C=O) groups excluding carboxylic acids is 2. The minimum absolute atomic E-state index is 0.0938. The Morgan fingerprint density at radius 2 is 1.52 bits per heavy atom. The van der Waals surface area contributed by atoms with Crippen LogP contribution in [-0.4, -0.2) is 28.3 Å². The highest BCUT2D eigenvalue weighted by atomic mass is 16.5. The highest BCUT2D eigenvalue weighted by Crippen LogP contribution is 2.40. The zero-order chi connectivity index (χ0) is 21.8. The van der Waals surface area contributed by atoms with Crippen LogP contribution in [0.2, 0.25) is 0 Å². The number of aliphatic hydroxyl groups is 1. The molecule has 1 saturated heterocycles. The number of ether oxygens (including phenoxy) is 1. The third-order valence-electron chi connectivity index (χ3n) is 5.29. The Bertz CT molecular complexity index is 1110. The van der Waals surface area contributed by atoms with Gasteiger partial charge >= 0.3 is 0 Å². The van der Waals surface area contributed by atoms with Crippen LogP contribution >= 0.6 is 0 Å². The quantitative estimate of drug-likeness (QED) is 0.361. The van der Waals surface area contributed by atoms with E-state index in [-0.39, 0.29) is 17.9 Å². The first-order valence-corrected chi connectivity index (χ1v) is 10.2. The van der Waals surface area contributed by atoms with Gasteiger partial charge in [-0.05, 0) is 42.3 Å². The molecule has 1 fully saturated rings. The number of hydrogen-bond donors (Lipinski definition) is 1. The highest BCUT2D eigenvalue weighted by Gasteiger charge is 2.45. The summed E-state index contributed by atoms with van der Waals surface area (Å²) in [5, 5.41) is 11.1. The molecular formula is C26H23NO4. The van der Waals surface area contributed by atoms with Crippen LogP contribution in [0.5, 0.6) is 5.75 Å². The third kappa shape index (κ3) is 4.08. The first-order valence-electron chi connectivity index (χ1n) is 10.2. The van der Waals surface area contributed by atoms with Gasteiger partial charge < -0.3 is 14.7 Å². The lowest BCUT2D eigenvalue weighted by Gasteiger charge is -2.25. The molecule has 1 amide bonds. The molecule has 0 bridgehead atoms. The van der Waals surface area contributed by atoms with Crippen molar-refractivity contribution in [1.29, 1.82) is 0 Å². The summed E-state index contributed by atoms with van der Waals surface area (Å²) in [4.78, 5) is 27.6. The summed E-state index contributed by atoms with van der Waals surface area (Å²) in [6, 6.07) is 25.0. The summed E-state index contributed by atoms with van der Waals surface area (Å²) in [6.07, 6.45) is 0. The smallest absolute Gasteiger partial charge is 0.295 e. The van der Waals surface area contributed by atoms with Gasteiger partial charge in [-0.1, -0.05) is 60.7 Å². The molecule has 4 rings (SSSR count). The predicted octanol–water partition coefficient (Wildman–Crippen LogP) is 4.71. The number of hydrogen-bond acceptors (Lipinski definition) is 4. The number of ketones is 1. The first-order chi connectivity index (χ1) is 15.1. The van der Waals surface area contributed by atoms with E-state index < -0.39 is 17.7 Å². The second-order valence-corrected chi connectivity index (χ2v) is 7.28. The molecule has 0 aromatic heterocycles. The fraction of sp³-hybridized carbons (Fsp3) is 0.154.